The lowest BCUT2D eigenvalue weighted by atomic mass is 9.99. The Bertz CT molecular complexity index is 504. The average molecular weight is 308 g/mol. The number of hydrogen-bond donors (Lipinski definition) is 0. The molecule has 3 rings (SSSR count). The Kier molecular flexibility index (Phi) is 3.39. The van der Waals surface area contributed by atoms with Crippen LogP contribution in [0.5, 0.6) is 0 Å². The summed E-state index contributed by atoms with van der Waals surface area (Å²) in [4.78, 5) is 7.76. The van der Waals surface area contributed by atoms with Gasteiger partial charge in [-0.3, -0.25) is 4.90 Å². The van der Waals surface area contributed by atoms with Crippen molar-refractivity contribution in [1.82, 2.24) is 14.3 Å². The Morgan fingerprint density at radius 3 is 3.11 bits per heavy atom. The maximum absolute atomic E-state index is 4.66. The SMILES string of the molecule is CC1CCN(Cc2cn3ccccc3n2)CC1Br. The fourth-order valence-corrected chi connectivity index (χ4v) is 3.19. The maximum atomic E-state index is 4.66. The molecule has 0 radical (unpaired) electrons. The summed E-state index contributed by atoms with van der Waals surface area (Å²) < 4.78 is 2.09. The molecule has 2 unspecified atom stereocenters. The van der Waals surface area contributed by atoms with Crippen molar-refractivity contribution in [1.29, 1.82) is 0 Å². The second-order valence-electron chi connectivity index (χ2n) is 5.22. The molecular formula is C14H18BrN3. The number of hydrogen-bond acceptors (Lipinski definition) is 2. The van der Waals surface area contributed by atoms with Gasteiger partial charge in [-0.1, -0.05) is 28.9 Å². The van der Waals surface area contributed by atoms with Gasteiger partial charge in [0.25, 0.3) is 0 Å². The Labute approximate surface area is 116 Å². The summed E-state index contributed by atoms with van der Waals surface area (Å²) in [5.41, 5.74) is 2.20. The van der Waals surface area contributed by atoms with Crippen LogP contribution in [-0.2, 0) is 6.54 Å². The molecule has 4 heteroatoms. The molecule has 1 saturated heterocycles. The molecule has 96 valence electrons. The van der Waals surface area contributed by atoms with Crippen LogP contribution < -0.4 is 0 Å². The third-order valence-corrected chi connectivity index (χ3v) is 4.94. The first-order chi connectivity index (χ1) is 8.72. The van der Waals surface area contributed by atoms with E-state index in [0.29, 0.717) is 4.83 Å². The topological polar surface area (TPSA) is 20.5 Å². The van der Waals surface area contributed by atoms with Gasteiger partial charge in [-0.2, -0.15) is 0 Å². The lowest BCUT2D eigenvalue weighted by Gasteiger charge is -2.33. The molecule has 0 amide bonds. The first-order valence-corrected chi connectivity index (χ1v) is 7.43. The van der Waals surface area contributed by atoms with Crippen molar-refractivity contribution in [2.75, 3.05) is 13.1 Å². The highest BCUT2D eigenvalue weighted by molar-refractivity contribution is 9.09. The summed E-state index contributed by atoms with van der Waals surface area (Å²) in [7, 11) is 0. The first-order valence-electron chi connectivity index (χ1n) is 6.51. The van der Waals surface area contributed by atoms with Crippen LogP contribution in [0.1, 0.15) is 19.0 Å². The molecule has 0 aromatic carbocycles. The minimum Gasteiger partial charge on any atom is -0.307 e. The van der Waals surface area contributed by atoms with Crippen LogP contribution in [0, 0.1) is 5.92 Å². The highest BCUT2D eigenvalue weighted by Gasteiger charge is 2.24. The van der Waals surface area contributed by atoms with Crippen LogP contribution in [0.15, 0.2) is 30.6 Å². The molecule has 2 aromatic heterocycles. The van der Waals surface area contributed by atoms with Crippen molar-refractivity contribution in [3.8, 4) is 0 Å². The molecular weight excluding hydrogens is 290 g/mol. The number of piperidine rings is 1. The lowest BCUT2D eigenvalue weighted by molar-refractivity contribution is 0.192. The fourth-order valence-electron chi connectivity index (χ4n) is 2.52. The molecule has 1 fully saturated rings. The van der Waals surface area contributed by atoms with E-state index in [1.807, 2.05) is 12.1 Å². The third kappa shape index (κ3) is 2.45. The van der Waals surface area contributed by atoms with Gasteiger partial charge in [0.15, 0.2) is 0 Å². The van der Waals surface area contributed by atoms with Gasteiger partial charge in [0, 0.05) is 30.3 Å². The second kappa shape index (κ2) is 5.02. The van der Waals surface area contributed by atoms with E-state index in [-0.39, 0.29) is 0 Å². The van der Waals surface area contributed by atoms with Gasteiger partial charge < -0.3 is 4.40 Å². The van der Waals surface area contributed by atoms with E-state index in [1.165, 1.54) is 13.0 Å². The van der Waals surface area contributed by atoms with Crippen molar-refractivity contribution in [3.63, 3.8) is 0 Å². The van der Waals surface area contributed by atoms with Gasteiger partial charge in [0.2, 0.25) is 0 Å². The summed E-state index contributed by atoms with van der Waals surface area (Å²) in [5, 5.41) is 0. The monoisotopic (exact) mass is 307 g/mol. The Hall–Kier alpha value is -0.870. The molecule has 0 bridgehead atoms. The van der Waals surface area contributed by atoms with Crippen LogP contribution in [-0.4, -0.2) is 32.2 Å². The highest BCUT2D eigenvalue weighted by atomic mass is 79.9. The van der Waals surface area contributed by atoms with Gasteiger partial charge in [-0.05, 0) is 31.0 Å². The van der Waals surface area contributed by atoms with Gasteiger partial charge in [-0.25, -0.2) is 4.98 Å². The van der Waals surface area contributed by atoms with Gasteiger partial charge in [-0.15, -0.1) is 0 Å². The smallest absolute Gasteiger partial charge is 0.137 e. The number of alkyl halides is 1. The summed E-state index contributed by atoms with van der Waals surface area (Å²) in [5.74, 6) is 0.780. The molecule has 0 saturated carbocycles. The zero-order chi connectivity index (χ0) is 12.5. The summed E-state index contributed by atoms with van der Waals surface area (Å²) in [6, 6.07) is 6.12. The molecule has 1 aliphatic heterocycles. The fraction of sp³-hybridized carbons (Fsp3) is 0.500. The van der Waals surface area contributed by atoms with Crippen molar-refractivity contribution >= 4 is 21.6 Å². The molecule has 3 heterocycles. The van der Waals surface area contributed by atoms with Gasteiger partial charge in [0.05, 0.1) is 5.69 Å². The zero-order valence-electron chi connectivity index (χ0n) is 10.6. The van der Waals surface area contributed by atoms with Crippen molar-refractivity contribution in [3.05, 3.63) is 36.3 Å². The summed E-state index contributed by atoms with van der Waals surface area (Å²) in [6.07, 6.45) is 5.46. The Balaban J connectivity index is 1.72. The summed E-state index contributed by atoms with van der Waals surface area (Å²) >= 11 is 3.77. The predicted molar refractivity (Wildman–Crippen MR) is 77.0 cm³/mol. The summed E-state index contributed by atoms with van der Waals surface area (Å²) in [6.45, 7) is 5.57. The maximum Gasteiger partial charge on any atom is 0.137 e. The number of fused-ring (bicyclic) bond motifs is 1. The number of aromatic nitrogens is 2. The minimum atomic E-state index is 0.614. The number of nitrogens with zero attached hydrogens (tertiary/aromatic N) is 3. The quantitative estimate of drug-likeness (QED) is 0.795. The van der Waals surface area contributed by atoms with Crippen LogP contribution in [0.3, 0.4) is 0 Å². The van der Waals surface area contributed by atoms with Crippen molar-refractivity contribution in [2.24, 2.45) is 5.92 Å². The molecule has 2 aromatic rings. The predicted octanol–water partition coefficient (Wildman–Crippen LogP) is 2.94. The Morgan fingerprint density at radius 2 is 2.33 bits per heavy atom. The zero-order valence-corrected chi connectivity index (χ0v) is 12.2. The van der Waals surface area contributed by atoms with Crippen LogP contribution >= 0.6 is 15.9 Å². The number of imidazole rings is 1. The highest BCUT2D eigenvalue weighted by Crippen LogP contribution is 2.24. The largest absolute Gasteiger partial charge is 0.307 e. The molecule has 3 nitrogen and oxygen atoms in total. The van der Waals surface area contributed by atoms with Crippen molar-refractivity contribution in [2.45, 2.75) is 24.7 Å². The number of pyridine rings is 1. The van der Waals surface area contributed by atoms with Crippen molar-refractivity contribution < 1.29 is 0 Å². The Morgan fingerprint density at radius 1 is 1.44 bits per heavy atom. The van der Waals surface area contributed by atoms with E-state index in [2.05, 4.69) is 55.6 Å². The normalized spacial score (nSPS) is 25.7. The lowest BCUT2D eigenvalue weighted by Crippen LogP contribution is -2.39. The van der Waals surface area contributed by atoms with Gasteiger partial charge in [0.1, 0.15) is 5.65 Å². The number of likely N-dealkylation sites (tertiary alicyclic amines) is 1. The minimum absolute atomic E-state index is 0.614. The second-order valence-corrected chi connectivity index (χ2v) is 6.39. The van der Waals surface area contributed by atoms with Crippen LogP contribution in [0.25, 0.3) is 5.65 Å². The van der Waals surface area contributed by atoms with E-state index >= 15 is 0 Å². The standard InChI is InChI=1S/C14H18BrN3/c1-11-5-7-17(10-13(11)15)8-12-9-18-6-3-2-4-14(18)16-12/h2-4,6,9,11,13H,5,7-8,10H2,1H3. The third-order valence-electron chi connectivity index (χ3n) is 3.75. The molecule has 2 atom stereocenters. The van der Waals surface area contributed by atoms with E-state index in [4.69, 9.17) is 0 Å². The van der Waals surface area contributed by atoms with E-state index in [0.717, 1.165) is 30.3 Å². The van der Waals surface area contributed by atoms with E-state index < -0.39 is 0 Å². The van der Waals surface area contributed by atoms with Gasteiger partial charge >= 0.3 is 0 Å². The molecule has 0 aliphatic carbocycles. The average Bonchev–Trinajstić information content (AvgIpc) is 2.76. The molecule has 0 spiro atoms. The van der Waals surface area contributed by atoms with Crippen LogP contribution in [0.2, 0.25) is 0 Å². The molecule has 0 N–H and O–H groups in total. The van der Waals surface area contributed by atoms with E-state index in [9.17, 15) is 0 Å². The number of halogens is 1. The van der Waals surface area contributed by atoms with E-state index in [1.54, 1.807) is 0 Å². The number of rotatable bonds is 2. The molecule has 1 aliphatic rings. The molecule has 18 heavy (non-hydrogen) atoms. The van der Waals surface area contributed by atoms with Crippen LogP contribution in [0.4, 0.5) is 0 Å². The first kappa shape index (κ1) is 12.2.